The first-order valence-electron chi connectivity index (χ1n) is 13.0. The van der Waals surface area contributed by atoms with E-state index in [1.54, 1.807) is 12.1 Å². The van der Waals surface area contributed by atoms with Crippen LogP contribution >= 0.6 is 23.2 Å². The number of halogens is 3. The zero-order valence-corrected chi connectivity index (χ0v) is 22.9. The largest absolute Gasteiger partial charge is 0.342 e. The van der Waals surface area contributed by atoms with Crippen LogP contribution in [0.1, 0.15) is 62.5 Å². The van der Waals surface area contributed by atoms with Gasteiger partial charge < -0.3 is 4.90 Å². The van der Waals surface area contributed by atoms with Crippen LogP contribution in [0.2, 0.25) is 10.0 Å². The van der Waals surface area contributed by atoms with E-state index in [0.717, 1.165) is 61.8 Å². The van der Waals surface area contributed by atoms with E-state index in [1.807, 2.05) is 29.3 Å². The molecule has 1 aromatic heterocycles. The molecule has 2 fully saturated rings. The predicted molar refractivity (Wildman–Crippen MR) is 146 cm³/mol. The van der Waals surface area contributed by atoms with E-state index in [-0.39, 0.29) is 17.6 Å². The fourth-order valence-electron chi connectivity index (χ4n) is 5.61. The molecule has 5 rings (SSSR count). The maximum absolute atomic E-state index is 13.8. The lowest BCUT2D eigenvalue weighted by Crippen LogP contribution is -2.43. The molecule has 5 nitrogen and oxygen atoms in total. The smallest absolute Gasteiger partial charge is 0.236 e. The molecular formula is C29H33Cl2FN4O. The molecule has 2 aliphatic rings. The zero-order valence-electron chi connectivity index (χ0n) is 21.4. The van der Waals surface area contributed by atoms with Gasteiger partial charge in [0.15, 0.2) is 0 Å². The Balaban J connectivity index is 1.43. The van der Waals surface area contributed by atoms with Crippen molar-refractivity contribution in [2.24, 2.45) is 0 Å². The van der Waals surface area contributed by atoms with Gasteiger partial charge in [0.25, 0.3) is 0 Å². The number of aromatic nitrogens is 2. The number of rotatable bonds is 6. The minimum atomic E-state index is -0.444. The predicted octanol–water partition coefficient (Wildman–Crippen LogP) is 6.45. The summed E-state index contributed by atoms with van der Waals surface area (Å²) in [5, 5.41) is 1.02. The SMILES string of the molecule is CC(C)(c1ccc(Cl)c(Cl)c1)c1cnc(C2CCN(C(=O)CN3CCCC3)CC2)n1-c1ccc(F)cc1. The first kappa shape index (κ1) is 26.2. The van der Waals surface area contributed by atoms with Gasteiger partial charge in [0.05, 0.1) is 22.3 Å². The minimum Gasteiger partial charge on any atom is -0.342 e. The van der Waals surface area contributed by atoms with Crippen LogP contribution in [0.3, 0.4) is 0 Å². The molecular weight excluding hydrogens is 510 g/mol. The van der Waals surface area contributed by atoms with Crippen molar-refractivity contribution in [1.29, 1.82) is 0 Å². The summed E-state index contributed by atoms with van der Waals surface area (Å²) in [5.41, 5.74) is 2.42. The highest BCUT2D eigenvalue weighted by molar-refractivity contribution is 6.42. The standard InChI is InChI=1S/C29H33Cl2FN4O/c1-29(2,21-5-10-24(30)25(31)17-21)26-18-33-28(36(26)23-8-6-22(32)7-9-23)20-11-15-35(16-12-20)27(37)19-34-13-3-4-14-34/h5-10,17-18,20H,3-4,11-16,19H2,1-2H3. The molecule has 0 radical (unpaired) electrons. The summed E-state index contributed by atoms with van der Waals surface area (Å²) in [6, 6.07) is 12.3. The third-order valence-corrected chi connectivity index (χ3v) is 8.66. The van der Waals surface area contributed by atoms with Gasteiger partial charge in [-0.3, -0.25) is 14.3 Å². The maximum Gasteiger partial charge on any atom is 0.236 e. The number of amides is 1. The molecule has 2 aromatic carbocycles. The molecule has 1 amide bonds. The average Bonchev–Trinajstić information content (AvgIpc) is 3.57. The van der Waals surface area contributed by atoms with E-state index < -0.39 is 5.41 Å². The second-order valence-corrected chi connectivity index (χ2v) is 11.5. The fourth-order valence-corrected chi connectivity index (χ4v) is 5.91. The summed E-state index contributed by atoms with van der Waals surface area (Å²) in [5.74, 6) is 1.09. The number of hydrogen-bond acceptors (Lipinski definition) is 3. The molecule has 0 N–H and O–H groups in total. The fraction of sp³-hybridized carbons (Fsp3) is 0.448. The third-order valence-electron chi connectivity index (χ3n) is 7.93. The van der Waals surface area contributed by atoms with Gasteiger partial charge in [0.1, 0.15) is 11.6 Å². The number of imidazole rings is 1. The van der Waals surface area contributed by atoms with E-state index in [0.29, 0.717) is 16.6 Å². The Labute approximate surface area is 228 Å². The van der Waals surface area contributed by atoms with Crippen molar-refractivity contribution < 1.29 is 9.18 Å². The molecule has 8 heteroatoms. The maximum atomic E-state index is 13.8. The molecule has 3 heterocycles. The number of nitrogens with zero attached hydrogens (tertiary/aromatic N) is 4. The highest BCUT2D eigenvalue weighted by Gasteiger charge is 2.33. The molecule has 0 atom stereocenters. The van der Waals surface area contributed by atoms with E-state index >= 15 is 0 Å². The summed E-state index contributed by atoms with van der Waals surface area (Å²) >= 11 is 12.6. The van der Waals surface area contributed by atoms with Crippen LogP contribution in [0.25, 0.3) is 5.69 Å². The van der Waals surface area contributed by atoms with E-state index in [9.17, 15) is 9.18 Å². The zero-order chi connectivity index (χ0) is 26.2. The summed E-state index contributed by atoms with van der Waals surface area (Å²) in [6.07, 6.45) is 5.98. The van der Waals surface area contributed by atoms with Crippen LogP contribution in [-0.2, 0) is 10.2 Å². The van der Waals surface area contributed by atoms with Crippen LogP contribution in [0.15, 0.2) is 48.7 Å². The van der Waals surface area contributed by atoms with E-state index in [2.05, 4.69) is 23.3 Å². The van der Waals surface area contributed by atoms with Crippen molar-refractivity contribution in [3.05, 3.63) is 81.6 Å². The Morgan fingerprint density at radius 2 is 1.68 bits per heavy atom. The Hall–Kier alpha value is -2.41. The second kappa shape index (κ2) is 10.8. The second-order valence-electron chi connectivity index (χ2n) is 10.7. The quantitative estimate of drug-likeness (QED) is 0.359. The lowest BCUT2D eigenvalue weighted by atomic mass is 9.81. The van der Waals surface area contributed by atoms with Crippen molar-refractivity contribution in [1.82, 2.24) is 19.4 Å². The Morgan fingerprint density at radius 1 is 1.00 bits per heavy atom. The molecule has 0 bridgehead atoms. The summed E-state index contributed by atoms with van der Waals surface area (Å²) in [6.45, 7) is 8.28. The van der Waals surface area contributed by atoms with Gasteiger partial charge >= 0.3 is 0 Å². The van der Waals surface area contributed by atoms with E-state index in [4.69, 9.17) is 28.2 Å². The number of carbonyl (C=O) groups is 1. The van der Waals surface area contributed by atoms with Gasteiger partial charge in [0, 0.05) is 36.3 Å². The van der Waals surface area contributed by atoms with Gasteiger partial charge in [0.2, 0.25) is 5.91 Å². The summed E-state index contributed by atoms with van der Waals surface area (Å²) < 4.78 is 16.0. The molecule has 0 saturated carbocycles. The summed E-state index contributed by atoms with van der Waals surface area (Å²) in [7, 11) is 0. The van der Waals surface area contributed by atoms with Crippen molar-refractivity contribution in [2.75, 3.05) is 32.7 Å². The molecule has 0 unspecified atom stereocenters. The van der Waals surface area contributed by atoms with Crippen molar-refractivity contribution >= 4 is 29.1 Å². The Bertz CT molecular complexity index is 1260. The lowest BCUT2D eigenvalue weighted by Gasteiger charge is -2.34. The van der Waals surface area contributed by atoms with Crippen molar-refractivity contribution in [3.63, 3.8) is 0 Å². The average molecular weight is 544 g/mol. The molecule has 2 saturated heterocycles. The molecule has 0 spiro atoms. The monoisotopic (exact) mass is 542 g/mol. The third kappa shape index (κ3) is 5.43. The van der Waals surface area contributed by atoms with Crippen LogP contribution in [0.5, 0.6) is 0 Å². The Kier molecular flexibility index (Phi) is 7.62. The number of likely N-dealkylation sites (tertiary alicyclic amines) is 2. The highest BCUT2D eigenvalue weighted by atomic mass is 35.5. The summed E-state index contributed by atoms with van der Waals surface area (Å²) in [4.78, 5) is 22.0. The van der Waals surface area contributed by atoms with Gasteiger partial charge in [-0.2, -0.15) is 0 Å². The normalized spacial score (nSPS) is 17.5. The minimum absolute atomic E-state index is 0.194. The number of benzene rings is 2. The van der Waals surface area contributed by atoms with Gasteiger partial charge in [-0.25, -0.2) is 9.37 Å². The van der Waals surface area contributed by atoms with Crippen molar-refractivity contribution in [3.8, 4) is 5.69 Å². The Morgan fingerprint density at radius 3 is 2.32 bits per heavy atom. The van der Waals surface area contributed by atoms with Crippen LogP contribution < -0.4 is 0 Å². The number of piperidine rings is 1. The van der Waals surface area contributed by atoms with Gasteiger partial charge in [-0.1, -0.05) is 43.1 Å². The van der Waals surface area contributed by atoms with Crippen LogP contribution in [0, 0.1) is 5.82 Å². The molecule has 0 aliphatic carbocycles. The van der Waals surface area contributed by atoms with Crippen molar-refractivity contribution in [2.45, 2.75) is 50.9 Å². The van der Waals surface area contributed by atoms with Gasteiger partial charge in [-0.15, -0.1) is 0 Å². The highest BCUT2D eigenvalue weighted by Crippen LogP contribution is 2.39. The molecule has 37 heavy (non-hydrogen) atoms. The molecule has 3 aromatic rings. The number of hydrogen-bond donors (Lipinski definition) is 0. The molecule has 196 valence electrons. The van der Waals surface area contributed by atoms with Crippen LogP contribution in [0.4, 0.5) is 4.39 Å². The molecule has 2 aliphatic heterocycles. The van der Waals surface area contributed by atoms with E-state index in [1.165, 1.54) is 25.0 Å². The first-order chi connectivity index (χ1) is 17.7. The first-order valence-corrected chi connectivity index (χ1v) is 13.8. The number of carbonyl (C=O) groups excluding carboxylic acids is 1. The van der Waals surface area contributed by atoms with Crippen LogP contribution in [-0.4, -0.2) is 58.0 Å². The lowest BCUT2D eigenvalue weighted by molar-refractivity contribution is -0.133. The topological polar surface area (TPSA) is 41.4 Å². The van der Waals surface area contributed by atoms with Gasteiger partial charge in [-0.05, 0) is 80.7 Å².